The average Bonchev–Trinajstić information content (AvgIpc) is 2.13. The van der Waals surface area contributed by atoms with Gasteiger partial charge in [-0.25, -0.2) is 4.79 Å². The van der Waals surface area contributed by atoms with Gasteiger partial charge >= 0.3 is 5.97 Å². The molecule has 0 aliphatic carbocycles. The maximum absolute atomic E-state index is 10.2. The number of nitrogens with zero attached hydrogens (tertiary/aromatic N) is 2. The fourth-order valence-corrected chi connectivity index (χ4v) is 0.834. The molecule has 0 spiro atoms. The molecule has 1 heterocycles. The van der Waals surface area contributed by atoms with E-state index in [0.717, 1.165) is 0 Å². The molecule has 5 heteroatoms. The number of carboxylic acid groups (broad SMARTS) is 1. The summed E-state index contributed by atoms with van der Waals surface area (Å²) in [5, 5.41) is 15.1. The summed E-state index contributed by atoms with van der Waals surface area (Å²) in [4.78, 5) is 9.85. The number of aliphatic carboxylic acids is 1. The van der Waals surface area contributed by atoms with Gasteiger partial charge in [0.1, 0.15) is 4.83 Å². The van der Waals surface area contributed by atoms with Crippen molar-refractivity contribution in [2.24, 2.45) is 10.2 Å². The van der Waals surface area contributed by atoms with E-state index in [1.807, 2.05) is 0 Å². The molecule has 0 unspecified atom stereocenters. The summed E-state index contributed by atoms with van der Waals surface area (Å²) in [6, 6.07) is 0. The molecule has 1 atom stereocenters. The fourth-order valence-electron chi connectivity index (χ4n) is 0.441. The minimum atomic E-state index is -1.03. The normalized spacial score (nSPS) is 24.1. The van der Waals surface area contributed by atoms with Crippen LogP contribution in [-0.4, -0.2) is 27.8 Å². The van der Waals surface area contributed by atoms with Crippen LogP contribution in [0.15, 0.2) is 10.2 Å². The van der Waals surface area contributed by atoms with E-state index in [-0.39, 0.29) is 10.5 Å². The van der Waals surface area contributed by atoms with Crippen LogP contribution < -0.4 is 0 Å². The molecule has 0 radical (unpaired) electrons. The van der Waals surface area contributed by atoms with Crippen LogP contribution in [0.4, 0.5) is 0 Å². The average molecular weight is 191 g/mol. The predicted octanol–water partition coefficient (Wildman–Crippen LogP) is 0.275. The number of rotatable bonds is 1. The summed E-state index contributed by atoms with van der Waals surface area (Å²) >= 11 is 3.04. The number of carboxylic acids is 1. The van der Waals surface area contributed by atoms with Crippen molar-refractivity contribution in [3.63, 3.8) is 0 Å². The highest BCUT2D eigenvalue weighted by molar-refractivity contribution is 9.10. The van der Waals surface area contributed by atoms with Gasteiger partial charge in [-0.1, -0.05) is 15.9 Å². The summed E-state index contributed by atoms with van der Waals surface area (Å²) in [6.07, 6.45) is 1.42. The maximum atomic E-state index is 10.2. The van der Waals surface area contributed by atoms with Gasteiger partial charge < -0.3 is 5.11 Å². The molecule has 1 aliphatic rings. The van der Waals surface area contributed by atoms with Gasteiger partial charge in [0.15, 0.2) is 5.71 Å². The third-order valence-corrected chi connectivity index (χ3v) is 1.51. The van der Waals surface area contributed by atoms with Crippen LogP contribution in [0.1, 0.15) is 0 Å². The lowest BCUT2D eigenvalue weighted by molar-refractivity contribution is -0.129. The zero-order chi connectivity index (χ0) is 6.85. The number of alkyl halides is 1. The molecule has 0 aromatic heterocycles. The van der Waals surface area contributed by atoms with Gasteiger partial charge in [0.05, 0.1) is 0 Å². The second-order valence-electron chi connectivity index (χ2n) is 1.46. The Morgan fingerprint density at radius 1 is 1.89 bits per heavy atom. The first-order valence-electron chi connectivity index (χ1n) is 2.20. The lowest BCUT2D eigenvalue weighted by Crippen LogP contribution is -2.21. The van der Waals surface area contributed by atoms with Crippen molar-refractivity contribution < 1.29 is 9.90 Å². The number of halogens is 1. The molecule has 1 aliphatic heterocycles. The highest BCUT2D eigenvalue weighted by atomic mass is 79.9. The Balaban J connectivity index is 2.76. The molecule has 1 rings (SSSR count). The predicted molar refractivity (Wildman–Crippen MR) is 36.3 cm³/mol. The summed E-state index contributed by atoms with van der Waals surface area (Å²) in [6.45, 7) is 0. The lowest BCUT2D eigenvalue weighted by atomic mass is 10.3. The van der Waals surface area contributed by atoms with Crippen molar-refractivity contribution >= 4 is 33.8 Å². The van der Waals surface area contributed by atoms with E-state index in [1.54, 1.807) is 0 Å². The largest absolute Gasteiger partial charge is 0.477 e. The van der Waals surface area contributed by atoms with Crippen molar-refractivity contribution in [2.75, 3.05) is 0 Å². The molecule has 48 valence electrons. The third-order valence-electron chi connectivity index (χ3n) is 0.843. The summed E-state index contributed by atoms with van der Waals surface area (Å²) < 4.78 is 0. The van der Waals surface area contributed by atoms with E-state index in [1.165, 1.54) is 6.21 Å². The molecule has 0 saturated heterocycles. The van der Waals surface area contributed by atoms with Crippen LogP contribution in [0.2, 0.25) is 0 Å². The molecule has 1 N–H and O–H groups in total. The van der Waals surface area contributed by atoms with E-state index in [9.17, 15) is 4.79 Å². The Morgan fingerprint density at radius 2 is 2.56 bits per heavy atom. The van der Waals surface area contributed by atoms with Crippen LogP contribution in [0.3, 0.4) is 0 Å². The number of carbonyl (C=O) groups is 1. The Labute approximate surface area is 59.4 Å². The van der Waals surface area contributed by atoms with Crippen LogP contribution in [0.5, 0.6) is 0 Å². The van der Waals surface area contributed by atoms with Gasteiger partial charge in [0.2, 0.25) is 0 Å². The monoisotopic (exact) mass is 190 g/mol. The lowest BCUT2D eigenvalue weighted by Gasteiger charge is -1.92. The highest BCUT2D eigenvalue weighted by Gasteiger charge is 2.21. The van der Waals surface area contributed by atoms with E-state index < -0.39 is 5.97 Å². The Kier molecular flexibility index (Phi) is 1.61. The zero-order valence-corrected chi connectivity index (χ0v) is 5.87. The molecular weight excluding hydrogens is 188 g/mol. The molecule has 0 aromatic carbocycles. The number of hydrogen-bond donors (Lipinski definition) is 1. The van der Waals surface area contributed by atoms with Crippen LogP contribution in [0, 0.1) is 0 Å². The van der Waals surface area contributed by atoms with Crippen LogP contribution >= 0.6 is 15.9 Å². The van der Waals surface area contributed by atoms with E-state index >= 15 is 0 Å². The van der Waals surface area contributed by atoms with Crippen LogP contribution in [-0.2, 0) is 4.79 Å². The Morgan fingerprint density at radius 3 is 2.78 bits per heavy atom. The minimum absolute atomic E-state index is 0.0370. The SMILES string of the molecule is O=C(O)C1=NN=C[C@@H]1Br. The smallest absolute Gasteiger partial charge is 0.353 e. The van der Waals surface area contributed by atoms with Gasteiger partial charge in [-0.2, -0.15) is 5.10 Å². The number of hydrogen-bond acceptors (Lipinski definition) is 3. The molecule has 0 fully saturated rings. The first kappa shape index (κ1) is 6.41. The summed E-state index contributed by atoms with van der Waals surface area (Å²) in [5.41, 5.74) is 0.0370. The first-order valence-corrected chi connectivity index (χ1v) is 3.12. The van der Waals surface area contributed by atoms with Gasteiger partial charge in [-0.05, 0) is 0 Å². The Bertz CT molecular complexity index is 199. The molecule has 9 heavy (non-hydrogen) atoms. The zero-order valence-electron chi connectivity index (χ0n) is 4.28. The van der Waals surface area contributed by atoms with Gasteiger partial charge in [0, 0.05) is 6.21 Å². The summed E-state index contributed by atoms with van der Waals surface area (Å²) in [7, 11) is 0. The molecule has 0 amide bonds. The molecule has 0 bridgehead atoms. The van der Waals surface area contributed by atoms with Gasteiger partial charge in [-0.3, -0.25) is 0 Å². The highest BCUT2D eigenvalue weighted by Crippen LogP contribution is 2.05. The van der Waals surface area contributed by atoms with Gasteiger partial charge in [-0.15, -0.1) is 5.10 Å². The van der Waals surface area contributed by atoms with Crippen LogP contribution in [0.25, 0.3) is 0 Å². The van der Waals surface area contributed by atoms with Crippen molar-refractivity contribution in [3.05, 3.63) is 0 Å². The molecule has 0 saturated carbocycles. The topological polar surface area (TPSA) is 62.0 Å². The van der Waals surface area contributed by atoms with Crippen molar-refractivity contribution in [2.45, 2.75) is 4.83 Å². The first-order chi connectivity index (χ1) is 4.22. The molecular formula is C4H3BrN2O2. The Hall–Kier alpha value is -0.710. The third kappa shape index (κ3) is 1.16. The van der Waals surface area contributed by atoms with Crippen molar-refractivity contribution in [1.82, 2.24) is 0 Å². The quantitative estimate of drug-likeness (QED) is 0.604. The second kappa shape index (κ2) is 2.26. The summed E-state index contributed by atoms with van der Waals surface area (Å²) in [5.74, 6) is -1.03. The van der Waals surface area contributed by atoms with E-state index in [2.05, 4.69) is 26.1 Å². The van der Waals surface area contributed by atoms with Gasteiger partial charge in [0.25, 0.3) is 0 Å². The molecule has 4 nitrogen and oxygen atoms in total. The van der Waals surface area contributed by atoms with E-state index in [0.29, 0.717) is 0 Å². The second-order valence-corrected chi connectivity index (χ2v) is 2.44. The minimum Gasteiger partial charge on any atom is -0.477 e. The van der Waals surface area contributed by atoms with Crippen molar-refractivity contribution in [3.8, 4) is 0 Å². The fraction of sp³-hybridized carbons (Fsp3) is 0.250. The standard InChI is InChI=1S/C4H3BrN2O2/c5-2-1-6-7-3(2)4(8)9/h1-2H,(H,8,9)/t2-/m0/s1. The molecule has 0 aromatic rings. The van der Waals surface area contributed by atoms with E-state index in [4.69, 9.17) is 5.11 Å². The van der Waals surface area contributed by atoms with Crippen molar-refractivity contribution in [1.29, 1.82) is 0 Å². The maximum Gasteiger partial charge on any atom is 0.353 e.